The first-order chi connectivity index (χ1) is 22.9. The van der Waals surface area contributed by atoms with Crippen LogP contribution in [0.1, 0.15) is 46.4 Å². The van der Waals surface area contributed by atoms with Crippen molar-refractivity contribution >= 4 is 33.8 Å². The smallest absolute Gasteiger partial charge is 0.257 e. The Morgan fingerprint density at radius 2 is 1.74 bits per heavy atom. The molecular weight excluding hydrogens is 590 g/mol. The standard InChI is InChI=1S/C37H39N7O3/c1-40-19-27(14-38-40)36(45)41-15-22(16-41)18-44-34-28(39-35(44)31-11-23-5-3-4-6-29(23)42(31)17-21-7-8-21)10-25(13-32(34)47-2)37(46)43-20-26-9-24-12-30(43)33(24)26/h3-6,10-11,13-14,19,21-22,24,26,30,33H,7-9,12,15-18,20H2,1-2H3/t24?,26?,30?,33-/m1/s1. The van der Waals surface area contributed by atoms with Gasteiger partial charge in [-0.05, 0) is 73.6 Å². The SMILES string of the molecule is COc1cc(C(=O)N2CC3CC4CC2[C@H]43)cc2nc(-c3cc4ccccc4n3CC3CC3)n(CC3CN(C(=O)c4cnn(C)c4)C3)c12. The Bertz CT molecular complexity index is 2100. The Morgan fingerprint density at radius 3 is 2.49 bits per heavy atom. The van der Waals surface area contributed by atoms with Crippen LogP contribution in [0.4, 0.5) is 0 Å². The molecule has 2 saturated heterocycles. The fourth-order valence-electron chi connectivity index (χ4n) is 9.22. The quantitative estimate of drug-likeness (QED) is 0.239. The lowest BCUT2D eigenvalue weighted by atomic mass is 9.53. The molecule has 0 N–H and O–H groups in total. The fraction of sp³-hybridized carbons (Fsp3) is 0.459. The highest BCUT2D eigenvalue weighted by Crippen LogP contribution is 2.60. The summed E-state index contributed by atoms with van der Waals surface area (Å²) < 4.78 is 12.5. The first-order valence-electron chi connectivity index (χ1n) is 17.2. The number of aryl methyl sites for hydroxylation is 1. The van der Waals surface area contributed by atoms with Crippen LogP contribution in [-0.2, 0) is 20.1 Å². The van der Waals surface area contributed by atoms with Gasteiger partial charge in [-0.3, -0.25) is 14.3 Å². The van der Waals surface area contributed by atoms with E-state index in [4.69, 9.17) is 9.72 Å². The fourth-order valence-corrected chi connectivity index (χ4v) is 9.22. The third-order valence-corrected chi connectivity index (χ3v) is 11.9. The number of nitrogens with zero attached hydrogens (tertiary/aromatic N) is 7. The summed E-state index contributed by atoms with van der Waals surface area (Å²) in [5, 5.41) is 5.38. The summed E-state index contributed by atoms with van der Waals surface area (Å²) >= 11 is 0. The number of methoxy groups -OCH3 is 1. The van der Waals surface area contributed by atoms with E-state index in [0.29, 0.717) is 54.4 Å². The molecule has 5 heterocycles. The number of benzene rings is 2. The minimum atomic E-state index is 0.0171. The third-order valence-electron chi connectivity index (χ3n) is 11.9. The molecule has 3 aliphatic carbocycles. The van der Waals surface area contributed by atoms with Crippen molar-refractivity contribution in [3.8, 4) is 17.3 Å². The topological polar surface area (TPSA) is 90.4 Å². The van der Waals surface area contributed by atoms with E-state index in [9.17, 15) is 9.59 Å². The molecule has 10 heteroatoms. The van der Waals surface area contributed by atoms with Gasteiger partial charge in [0.05, 0.1) is 30.1 Å². The monoisotopic (exact) mass is 629 g/mol. The molecule has 0 spiro atoms. The van der Waals surface area contributed by atoms with Crippen LogP contribution >= 0.6 is 0 Å². The van der Waals surface area contributed by atoms with Crippen LogP contribution in [-0.4, -0.2) is 78.3 Å². The lowest BCUT2D eigenvalue weighted by Crippen LogP contribution is -2.53. The molecule has 2 amide bonds. The Morgan fingerprint density at radius 1 is 0.915 bits per heavy atom. The van der Waals surface area contributed by atoms with Crippen LogP contribution in [0.25, 0.3) is 33.5 Å². The summed E-state index contributed by atoms with van der Waals surface area (Å²) in [4.78, 5) is 36.5. The highest BCUT2D eigenvalue weighted by Gasteiger charge is 2.61. The zero-order valence-corrected chi connectivity index (χ0v) is 26.9. The summed E-state index contributed by atoms with van der Waals surface area (Å²) in [6.45, 7) is 3.86. The van der Waals surface area contributed by atoms with E-state index >= 15 is 0 Å². The second kappa shape index (κ2) is 9.95. The van der Waals surface area contributed by atoms with Crippen LogP contribution in [0.2, 0.25) is 0 Å². The van der Waals surface area contributed by atoms with Crippen LogP contribution in [0.3, 0.4) is 0 Å². The summed E-state index contributed by atoms with van der Waals surface area (Å²) in [6, 6.07) is 15.2. The van der Waals surface area contributed by atoms with Crippen molar-refractivity contribution in [2.24, 2.45) is 36.6 Å². The van der Waals surface area contributed by atoms with Gasteiger partial charge in [-0.25, -0.2) is 4.98 Å². The molecule has 5 fully saturated rings. The molecule has 3 unspecified atom stereocenters. The van der Waals surface area contributed by atoms with E-state index in [1.165, 1.54) is 30.2 Å². The zero-order valence-electron chi connectivity index (χ0n) is 26.9. The molecule has 3 aromatic heterocycles. The number of hydrogen-bond acceptors (Lipinski definition) is 5. The first kappa shape index (κ1) is 27.5. The van der Waals surface area contributed by atoms with Crippen molar-refractivity contribution in [3.05, 3.63) is 66.0 Å². The lowest BCUT2D eigenvalue weighted by Gasteiger charge is -2.52. The van der Waals surface area contributed by atoms with E-state index in [2.05, 4.69) is 49.5 Å². The molecule has 3 saturated carbocycles. The molecule has 47 heavy (non-hydrogen) atoms. The lowest BCUT2D eigenvalue weighted by molar-refractivity contribution is -0.0204. The van der Waals surface area contributed by atoms with Crippen molar-refractivity contribution in [2.75, 3.05) is 26.7 Å². The van der Waals surface area contributed by atoms with Gasteiger partial charge in [-0.2, -0.15) is 5.10 Å². The van der Waals surface area contributed by atoms with Crippen LogP contribution in [0.15, 0.2) is 54.9 Å². The number of carbonyl (C=O) groups excluding carboxylic acids is 2. The number of rotatable bonds is 8. The van der Waals surface area contributed by atoms with Gasteiger partial charge in [0.2, 0.25) is 0 Å². The van der Waals surface area contributed by atoms with Gasteiger partial charge in [0.15, 0.2) is 5.82 Å². The van der Waals surface area contributed by atoms with E-state index in [0.717, 1.165) is 53.9 Å². The molecule has 2 aliphatic heterocycles. The number of ether oxygens (including phenoxy) is 1. The Hall–Kier alpha value is -4.60. The Balaban J connectivity index is 1.05. The number of hydrogen-bond donors (Lipinski definition) is 0. The van der Waals surface area contributed by atoms with Gasteiger partial charge < -0.3 is 23.7 Å². The maximum absolute atomic E-state index is 14.0. The van der Waals surface area contributed by atoms with Crippen LogP contribution in [0, 0.1) is 29.6 Å². The predicted octanol–water partition coefficient (Wildman–Crippen LogP) is 5.06. The van der Waals surface area contributed by atoms with E-state index < -0.39 is 0 Å². The molecule has 4 atom stereocenters. The van der Waals surface area contributed by atoms with Gasteiger partial charge in [-0.1, -0.05) is 18.2 Å². The molecule has 10 rings (SSSR count). The molecular formula is C37H39N7O3. The largest absolute Gasteiger partial charge is 0.494 e. The van der Waals surface area contributed by atoms with Crippen molar-refractivity contribution in [2.45, 2.75) is 44.8 Å². The van der Waals surface area contributed by atoms with Gasteiger partial charge in [-0.15, -0.1) is 0 Å². The second-order valence-corrected chi connectivity index (χ2v) is 14.8. The van der Waals surface area contributed by atoms with Crippen LogP contribution in [0.5, 0.6) is 5.75 Å². The minimum Gasteiger partial charge on any atom is -0.494 e. The number of para-hydroxylation sites is 1. The number of imidazole rings is 1. The molecule has 10 nitrogen and oxygen atoms in total. The molecule has 0 radical (unpaired) electrons. The van der Waals surface area contributed by atoms with E-state index in [-0.39, 0.29) is 17.7 Å². The zero-order chi connectivity index (χ0) is 31.6. The number of amides is 2. The van der Waals surface area contributed by atoms with Gasteiger partial charge in [0.1, 0.15) is 11.3 Å². The number of carbonyl (C=O) groups is 2. The predicted molar refractivity (Wildman–Crippen MR) is 177 cm³/mol. The first-order valence-corrected chi connectivity index (χ1v) is 17.2. The molecule has 0 bridgehead atoms. The van der Waals surface area contributed by atoms with Gasteiger partial charge in [0.25, 0.3) is 11.8 Å². The number of likely N-dealkylation sites (tertiary alicyclic amines) is 2. The maximum atomic E-state index is 14.0. The van der Waals surface area contributed by atoms with E-state index in [1.54, 1.807) is 24.2 Å². The third kappa shape index (κ3) is 4.15. The van der Waals surface area contributed by atoms with Gasteiger partial charge in [0, 0.05) is 74.4 Å². The van der Waals surface area contributed by atoms with Crippen molar-refractivity contribution in [1.82, 2.24) is 33.7 Å². The maximum Gasteiger partial charge on any atom is 0.257 e. The Labute approximate surface area is 272 Å². The molecule has 5 aliphatic rings. The number of aromatic nitrogens is 5. The summed E-state index contributed by atoms with van der Waals surface area (Å²) in [5.41, 5.74) is 5.27. The average molecular weight is 630 g/mol. The van der Waals surface area contributed by atoms with Crippen molar-refractivity contribution < 1.29 is 14.3 Å². The normalized spacial score (nSPS) is 24.7. The summed E-state index contributed by atoms with van der Waals surface area (Å²) in [6.07, 6.45) is 8.35. The highest BCUT2D eigenvalue weighted by atomic mass is 16.5. The van der Waals surface area contributed by atoms with Crippen molar-refractivity contribution in [3.63, 3.8) is 0 Å². The Kier molecular flexibility index (Phi) is 5.82. The van der Waals surface area contributed by atoms with Crippen molar-refractivity contribution in [1.29, 1.82) is 0 Å². The summed E-state index contributed by atoms with van der Waals surface area (Å²) in [7, 11) is 3.52. The van der Waals surface area contributed by atoms with E-state index in [1.807, 2.05) is 24.1 Å². The molecule has 5 aromatic rings. The second-order valence-electron chi connectivity index (χ2n) is 14.8. The highest BCUT2D eigenvalue weighted by molar-refractivity contribution is 6.01. The average Bonchev–Trinajstić information content (AvgIpc) is 3.47. The molecule has 240 valence electrons. The molecule has 2 aromatic carbocycles. The summed E-state index contributed by atoms with van der Waals surface area (Å²) in [5.74, 6) is 4.85. The van der Waals surface area contributed by atoms with Crippen LogP contribution < -0.4 is 4.74 Å². The minimum absolute atomic E-state index is 0.0171. The van der Waals surface area contributed by atoms with Gasteiger partial charge >= 0.3 is 0 Å². The number of fused-ring (bicyclic) bond motifs is 2.